The highest BCUT2D eigenvalue weighted by Gasteiger charge is 2.16. The third-order valence-electron chi connectivity index (χ3n) is 4.33. The molecule has 0 aliphatic heterocycles. The number of likely N-dealkylation sites (N-methyl/N-ethyl adjacent to an activating group) is 1. The number of aromatic nitrogens is 1. The molecule has 2 aromatic carbocycles. The van der Waals surface area contributed by atoms with E-state index in [1.165, 1.54) is 4.90 Å². The van der Waals surface area contributed by atoms with Gasteiger partial charge in [0.15, 0.2) is 0 Å². The maximum Gasteiger partial charge on any atom is 0.261 e. The van der Waals surface area contributed by atoms with Crippen molar-refractivity contribution >= 4 is 5.91 Å². The molecule has 3 rings (SSSR count). The molecule has 0 fully saturated rings. The molecule has 144 valence electrons. The Morgan fingerprint density at radius 2 is 1.64 bits per heavy atom. The van der Waals surface area contributed by atoms with Gasteiger partial charge in [0.1, 0.15) is 23.7 Å². The first-order chi connectivity index (χ1) is 13.6. The van der Waals surface area contributed by atoms with Gasteiger partial charge in [0, 0.05) is 12.7 Å². The summed E-state index contributed by atoms with van der Waals surface area (Å²) in [6.07, 6.45) is 0. The number of methoxy groups -OCH3 is 1. The molecule has 0 aliphatic rings. The Morgan fingerprint density at radius 1 is 0.964 bits per heavy atom. The minimum Gasteiger partial charge on any atom is -0.497 e. The van der Waals surface area contributed by atoms with Crippen LogP contribution >= 0.6 is 0 Å². The lowest BCUT2D eigenvalue weighted by Crippen LogP contribution is -2.34. The van der Waals surface area contributed by atoms with Crippen LogP contribution in [0.1, 0.15) is 10.4 Å². The average molecular weight is 378 g/mol. The number of hydrogen-bond donors (Lipinski definition) is 1. The number of ether oxygens (including phenoxy) is 2. The molecular weight excluding hydrogens is 356 g/mol. The number of pyridine rings is 1. The van der Waals surface area contributed by atoms with Gasteiger partial charge in [-0.15, -0.1) is 0 Å². The topological polar surface area (TPSA) is 71.6 Å². The van der Waals surface area contributed by atoms with E-state index in [4.69, 9.17) is 9.47 Å². The van der Waals surface area contributed by atoms with Crippen LogP contribution in [-0.2, 0) is 0 Å². The van der Waals surface area contributed by atoms with Gasteiger partial charge in [-0.25, -0.2) is 0 Å². The average Bonchev–Trinajstić information content (AvgIpc) is 2.74. The van der Waals surface area contributed by atoms with Crippen molar-refractivity contribution < 1.29 is 14.3 Å². The fourth-order valence-electron chi connectivity index (χ4n) is 2.71. The van der Waals surface area contributed by atoms with Gasteiger partial charge in [0.05, 0.1) is 13.7 Å². The Hall–Kier alpha value is -3.54. The first-order valence-corrected chi connectivity index (χ1v) is 8.89. The van der Waals surface area contributed by atoms with Crippen molar-refractivity contribution in [3.8, 4) is 22.8 Å². The maximum atomic E-state index is 12.6. The molecule has 0 saturated carbocycles. The van der Waals surface area contributed by atoms with Gasteiger partial charge in [0.25, 0.3) is 11.5 Å². The molecular formula is C22H22N2O4. The number of benzene rings is 2. The Balaban J connectivity index is 1.60. The number of rotatable bonds is 7. The SMILES string of the molecule is COc1ccc(OCCN(C)C(=O)c2ccc(-c3ccccc3)[nH]c2=O)cc1. The minimum atomic E-state index is -0.408. The number of H-pyrrole nitrogens is 1. The van der Waals surface area contributed by atoms with Gasteiger partial charge >= 0.3 is 0 Å². The van der Waals surface area contributed by atoms with Crippen molar-refractivity contribution in [1.29, 1.82) is 0 Å². The molecule has 3 aromatic rings. The summed E-state index contributed by atoms with van der Waals surface area (Å²) in [4.78, 5) is 29.2. The Morgan fingerprint density at radius 3 is 2.29 bits per heavy atom. The second-order valence-corrected chi connectivity index (χ2v) is 6.23. The molecule has 0 atom stereocenters. The molecule has 6 nitrogen and oxygen atoms in total. The van der Waals surface area contributed by atoms with Crippen molar-refractivity contribution in [2.75, 3.05) is 27.3 Å². The molecule has 0 radical (unpaired) electrons. The van der Waals surface area contributed by atoms with E-state index in [1.807, 2.05) is 30.3 Å². The van der Waals surface area contributed by atoms with Crippen LogP contribution in [0.5, 0.6) is 11.5 Å². The second kappa shape index (κ2) is 8.90. The van der Waals surface area contributed by atoms with Crippen molar-refractivity contribution in [1.82, 2.24) is 9.88 Å². The van der Waals surface area contributed by atoms with Gasteiger partial charge in [0.2, 0.25) is 0 Å². The first kappa shape index (κ1) is 19.2. The molecule has 28 heavy (non-hydrogen) atoms. The van der Waals surface area contributed by atoms with Crippen LogP contribution in [0.3, 0.4) is 0 Å². The highest BCUT2D eigenvalue weighted by molar-refractivity contribution is 5.93. The van der Waals surface area contributed by atoms with Gasteiger partial charge < -0.3 is 19.4 Å². The number of nitrogens with zero attached hydrogens (tertiary/aromatic N) is 1. The summed E-state index contributed by atoms with van der Waals surface area (Å²) in [7, 11) is 3.24. The van der Waals surface area contributed by atoms with Gasteiger partial charge in [-0.2, -0.15) is 0 Å². The third kappa shape index (κ3) is 4.59. The molecule has 0 bridgehead atoms. The summed E-state index contributed by atoms with van der Waals surface area (Å²) in [6, 6.07) is 20.0. The van der Waals surface area contributed by atoms with E-state index in [0.717, 1.165) is 11.3 Å². The molecule has 1 heterocycles. The minimum absolute atomic E-state index is 0.103. The van der Waals surface area contributed by atoms with Gasteiger partial charge in [-0.3, -0.25) is 9.59 Å². The zero-order chi connectivity index (χ0) is 19.9. The predicted octanol–water partition coefficient (Wildman–Crippen LogP) is 3.20. The van der Waals surface area contributed by atoms with Crippen LogP contribution < -0.4 is 15.0 Å². The van der Waals surface area contributed by atoms with Crippen LogP contribution in [0.2, 0.25) is 0 Å². The van der Waals surface area contributed by atoms with Crippen molar-refractivity contribution in [3.63, 3.8) is 0 Å². The standard InChI is InChI=1S/C22H22N2O4/c1-24(14-15-28-18-10-8-17(27-2)9-11-18)22(26)19-12-13-20(23-21(19)25)16-6-4-3-5-7-16/h3-13H,14-15H2,1-2H3,(H,23,25). The lowest BCUT2D eigenvalue weighted by atomic mass is 10.1. The summed E-state index contributed by atoms with van der Waals surface area (Å²) in [5.41, 5.74) is 1.26. The first-order valence-electron chi connectivity index (χ1n) is 8.89. The fourth-order valence-corrected chi connectivity index (χ4v) is 2.71. The molecule has 1 N–H and O–H groups in total. The Bertz CT molecular complexity index is 981. The summed E-state index contributed by atoms with van der Waals surface area (Å²) in [5, 5.41) is 0. The molecule has 0 unspecified atom stereocenters. The number of carbonyl (C=O) groups is 1. The molecule has 1 amide bonds. The molecule has 6 heteroatoms. The number of carbonyl (C=O) groups excluding carboxylic acids is 1. The summed E-state index contributed by atoms with van der Waals surface area (Å²) in [6.45, 7) is 0.666. The van der Waals surface area contributed by atoms with E-state index >= 15 is 0 Å². The highest BCUT2D eigenvalue weighted by atomic mass is 16.5. The van der Waals surface area contributed by atoms with Crippen LogP contribution in [0.15, 0.2) is 71.5 Å². The van der Waals surface area contributed by atoms with Crippen LogP contribution in [0, 0.1) is 0 Å². The van der Waals surface area contributed by atoms with E-state index in [2.05, 4.69) is 4.98 Å². The normalized spacial score (nSPS) is 10.4. The van der Waals surface area contributed by atoms with E-state index < -0.39 is 5.56 Å². The summed E-state index contributed by atoms with van der Waals surface area (Å²) in [5.74, 6) is 1.09. The fraction of sp³-hybridized carbons (Fsp3) is 0.182. The number of amides is 1. The number of nitrogens with one attached hydrogen (secondary N) is 1. The molecule has 0 saturated heterocycles. The monoisotopic (exact) mass is 378 g/mol. The Kier molecular flexibility index (Phi) is 6.11. The smallest absolute Gasteiger partial charge is 0.261 e. The lowest BCUT2D eigenvalue weighted by molar-refractivity contribution is 0.0772. The maximum absolute atomic E-state index is 12.6. The van der Waals surface area contributed by atoms with E-state index in [0.29, 0.717) is 24.6 Å². The third-order valence-corrected chi connectivity index (χ3v) is 4.33. The molecule has 0 spiro atoms. The largest absolute Gasteiger partial charge is 0.497 e. The quantitative estimate of drug-likeness (QED) is 0.685. The lowest BCUT2D eigenvalue weighted by Gasteiger charge is -2.17. The second-order valence-electron chi connectivity index (χ2n) is 6.23. The van der Waals surface area contributed by atoms with Crippen LogP contribution in [-0.4, -0.2) is 43.1 Å². The van der Waals surface area contributed by atoms with E-state index in [9.17, 15) is 9.59 Å². The molecule has 1 aromatic heterocycles. The van der Waals surface area contributed by atoms with E-state index in [1.54, 1.807) is 50.6 Å². The zero-order valence-corrected chi connectivity index (χ0v) is 15.8. The summed E-state index contributed by atoms with van der Waals surface area (Å²) >= 11 is 0. The Labute approximate surface area is 163 Å². The van der Waals surface area contributed by atoms with Crippen molar-refractivity contribution in [2.45, 2.75) is 0 Å². The number of hydrogen-bond acceptors (Lipinski definition) is 4. The van der Waals surface area contributed by atoms with Crippen LogP contribution in [0.4, 0.5) is 0 Å². The van der Waals surface area contributed by atoms with Crippen LogP contribution in [0.25, 0.3) is 11.3 Å². The molecule has 0 aliphatic carbocycles. The van der Waals surface area contributed by atoms with E-state index in [-0.39, 0.29) is 11.5 Å². The zero-order valence-electron chi connectivity index (χ0n) is 15.8. The van der Waals surface area contributed by atoms with Crippen molar-refractivity contribution in [3.05, 3.63) is 82.6 Å². The van der Waals surface area contributed by atoms with Gasteiger partial charge in [-0.05, 0) is 42.0 Å². The summed E-state index contributed by atoms with van der Waals surface area (Å²) < 4.78 is 10.7. The van der Waals surface area contributed by atoms with Gasteiger partial charge in [-0.1, -0.05) is 30.3 Å². The van der Waals surface area contributed by atoms with Crippen molar-refractivity contribution in [2.24, 2.45) is 0 Å². The number of aromatic amines is 1. The highest BCUT2D eigenvalue weighted by Crippen LogP contribution is 2.17. The predicted molar refractivity (Wildman–Crippen MR) is 108 cm³/mol.